The zero-order valence-corrected chi connectivity index (χ0v) is 19.2. The molecule has 0 saturated heterocycles. The molecular weight excluding hydrogens is 445 g/mol. The number of benzene rings is 3. The van der Waals surface area contributed by atoms with Gasteiger partial charge in [0, 0.05) is 31.0 Å². The van der Waals surface area contributed by atoms with E-state index in [0.717, 1.165) is 17.7 Å². The highest BCUT2D eigenvalue weighted by Crippen LogP contribution is 2.21. The number of sulfonamides is 1. The van der Waals surface area contributed by atoms with E-state index in [1.54, 1.807) is 51.4 Å². The highest BCUT2D eigenvalue weighted by Gasteiger charge is 2.19. The van der Waals surface area contributed by atoms with Crippen molar-refractivity contribution in [2.75, 3.05) is 24.1 Å². The number of amides is 2. The summed E-state index contributed by atoms with van der Waals surface area (Å²) >= 11 is 0. The number of rotatable bonds is 7. The van der Waals surface area contributed by atoms with E-state index in [0.29, 0.717) is 11.3 Å². The van der Waals surface area contributed by atoms with Crippen LogP contribution in [0.15, 0.2) is 71.6 Å². The number of carbonyl (C=O) groups excluding carboxylic acids is 2. The summed E-state index contributed by atoms with van der Waals surface area (Å²) in [5.41, 5.74) is 2.32. The van der Waals surface area contributed by atoms with Crippen molar-refractivity contribution in [3.8, 4) is 0 Å². The standard InChI is InChI=1S/C24H24FN3O4S/c1-16-4-13-21(33(31,32)27-20-11-7-18(25)8-12-20)15-22(16)24(30)26-19-9-5-17(6-10-19)14-23(29)28(2)3/h4-13,15,27H,14H2,1-3H3,(H,26,30). The molecule has 33 heavy (non-hydrogen) atoms. The van der Waals surface area contributed by atoms with Gasteiger partial charge in [-0.2, -0.15) is 0 Å². The van der Waals surface area contributed by atoms with E-state index in [9.17, 15) is 22.4 Å². The highest BCUT2D eigenvalue weighted by atomic mass is 32.2. The van der Waals surface area contributed by atoms with E-state index < -0.39 is 21.7 Å². The van der Waals surface area contributed by atoms with Crippen molar-refractivity contribution in [2.45, 2.75) is 18.2 Å². The van der Waals surface area contributed by atoms with Crippen molar-refractivity contribution in [1.29, 1.82) is 0 Å². The van der Waals surface area contributed by atoms with E-state index in [1.165, 1.54) is 29.2 Å². The summed E-state index contributed by atoms with van der Waals surface area (Å²) in [6, 6.07) is 16.0. The van der Waals surface area contributed by atoms with Crippen LogP contribution in [0.3, 0.4) is 0 Å². The Balaban J connectivity index is 1.76. The Hall–Kier alpha value is -3.72. The van der Waals surface area contributed by atoms with Gasteiger partial charge in [0.25, 0.3) is 15.9 Å². The topological polar surface area (TPSA) is 95.6 Å². The summed E-state index contributed by atoms with van der Waals surface area (Å²) in [4.78, 5) is 26.1. The minimum absolute atomic E-state index is 0.0327. The van der Waals surface area contributed by atoms with E-state index in [-0.39, 0.29) is 28.5 Å². The summed E-state index contributed by atoms with van der Waals surface area (Å²) in [7, 11) is -0.618. The van der Waals surface area contributed by atoms with Crippen LogP contribution in [0.1, 0.15) is 21.5 Å². The first-order valence-electron chi connectivity index (χ1n) is 10.0. The predicted molar refractivity (Wildman–Crippen MR) is 125 cm³/mol. The average molecular weight is 470 g/mol. The third-order valence-electron chi connectivity index (χ3n) is 4.93. The van der Waals surface area contributed by atoms with Crippen LogP contribution in [0.2, 0.25) is 0 Å². The molecule has 172 valence electrons. The van der Waals surface area contributed by atoms with Gasteiger partial charge in [0.15, 0.2) is 0 Å². The molecule has 0 bridgehead atoms. The first kappa shape index (κ1) is 23.9. The zero-order chi connectivity index (χ0) is 24.2. The number of carbonyl (C=O) groups is 2. The van der Waals surface area contributed by atoms with Gasteiger partial charge in [-0.1, -0.05) is 18.2 Å². The number of nitrogens with one attached hydrogen (secondary N) is 2. The van der Waals surface area contributed by atoms with Crippen molar-refractivity contribution >= 4 is 33.2 Å². The van der Waals surface area contributed by atoms with Crippen molar-refractivity contribution in [3.05, 3.63) is 89.2 Å². The summed E-state index contributed by atoms with van der Waals surface area (Å²) in [5, 5.41) is 2.75. The first-order valence-corrected chi connectivity index (χ1v) is 11.5. The maximum atomic E-state index is 13.1. The minimum atomic E-state index is -3.98. The Morgan fingerprint density at radius 3 is 2.12 bits per heavy atom. The van der Waals surface area contributed by atoms with Gasteiger partial charge in [0.1, 0.15) is 5.82 Å². The molecule has 9 heteroatoms. The molecule has 0 spiro atoms. The van der Waals surface area contributed by atoms with Crippen LogP contribution in [0.4, 0.5) is 15.8 Å². The SMILES string of the molecule is Cc1ccc(S(=O)(=O)Nc2ccc(F)cc2)cc1C(=O)Nc1ccc(CC(=O)N(C)C)cc1. The van der Waals surface area contributed by atoms with Crippen LogP contribution in [0, 0.1) is 12.7 Å². The van der Waals surface area contributed by atoms with E-state index in [2.05, 4.69) is 10.0 Å². The summed E-state index contributed by atoms with van der Waals surface area (Å²) < 4.78 is 40.9. The molecule has 0 fully saturated rings. The molecule has 0 heterocycles. The lowest BCUT2D eigenvalue weighted by atomic mass is 10.1. The van der Waals surface area contributed by atoms with E-state index in [4.69, 9.17) is 0 Å². The molecule has 0 radical (unpaired) electrons. The Morgan fingerprint density at radius 1 is 0.909 bits per heavy atom. The fourth-order valence-electron chi connectivity index (χ4n) is 2.98. The van der Waals surface area contributed by atoms with Crippen molar-refractivity contribution in [3.63, 3.8) is 0 Å². The lowest BCUT2D eigenvalue weighted by Gasteiger charge is -2.13. The van der Waals surface area contributed by atoms with Crippen LogP contribution < -0.4 is 10.0 Å². The highest BCUT2D eigenvalue weighted by molar-refractivity contribution is 7.92. The first-order chi connectivity index (χ1) is 15.5. The van der Waals surface area contributed by atoms with Gasteiger partial charge in [0.05, 0.1) is 11.3 Å². The number of halogens is 1. The fourth-order valence-corrected chi connectivity index (χ4v) is 4.07. The van der Waals surface area contributed by atoms with Crippen molar-refractivity contribution in [2.24, 2.45) is 0 Å². The Labute approximate surface area is 192 Å². The van der Waals surface area contributed by atoms with E-state index in [1.807, 2.05) is 0 Å². The molecule has 3 aromatic rings. The monoisotopic (exact) mass is 469 g/mol. The van der Waals surface area contributed by atoms with Crippen molar-refractivity contribution in [1.82, 2.24) is 4.90 Å². The van der Waals surface area contributed by atoms with Crippen LogP contribution in [-0.2, 0) is 21.2 Å². The number of likely N-dealkylation sites (N-methyl/N-ethyl adjacent to an activating group) is 1. The van der Waals surface area contributed by atoms with Crippen LogP contribution >= 0.6 is 0 Å². The van der Waals surface area contributed by atoms with Crippen LogP contribution in [-0.4, -0.2) is 39.2 Å². The summed E-state index contributed by atoms with van der Waals surface area (Å²) in [6.45, 7) is 1.70. The molecule has 2 N–H and O–H groups in total. The van der Waals surface area contributed by atoms with Crippen molar-refractivity contribution < 1.29 is 22.4 Å². The molecule has 7 nitrogen and oxygen atoms in total. The molecule has 3 aromatic carbocycles. The smallest absolute Gasteiger partial charge is 0.261 e. The molecule has 0 saturated carbocycles. The lowest BCUT2D eigenvalue weighted by Crippen LogP contribution is -2.23. The molecule has 0 aliphatic carbocycles. The third kappa shape index (κ3) is 6.17. The van der Waals surface area contributed by atoms with Crippen LogP contribution in [0.25, 0.3) is 0 Å². The molecule has 2 amide bonds. The second-order valence-corrected chi connectivity index (χ2v) is 9.39. The fraction of sp³-hybridized carbons (Fsp3) is 0.167. The molecule has 0 atom stereocenters. The quantitative estimate of drug-likeness (QED) is 0.550. The van der Waals surface area contributed by atoms with Gasteiger partial charge < -0.3 is 10.2 Å². The number of anilines is 2. The Morgan fingerprint density at radius 2 is 1.52 bits per heavy atom. The predicted octanol–water partition coefficient (Wildman–Crippen LogP) is 3.82. The van der Waals surface area contributed by atoms with Crippen LogP contribution in [0.5, 0.6) is 0 Å². The third-order valence-corrected chi connectivity index (χ3v) is 6.31. The Kier molecular flexibility index (Phi) is 7.13. The zero-order valence-electron chi connectivity index (χ0n) is 18.4. The van der Waals surface area contributed by atoms with Gasteiger partial charge in [-0.15, -0.1) is 0 Å². The number of aryl methyl sites for hydroxylation is 1. The number of hydrogen-bond donors (Lipinski definition) is 2. The summed E-state index contributed by atoms with van der Waals surface area (Å²) in [5.74, 6) is -0.984. The normalized spacial score (nSPS) is 11.0. The van der Waals surface area contributed by atoms with Gasteiger partial charge in [-0.05, 0) is 66.6 Å². The second-order valence-electron chi connectivity index (χ2n) is 7.71. The van der Waals surface area contributed by atoms with Gasteiger partial charge in [0.2, 0.25) is 5.91 Å². The maximum Gasteiger partial charge on any atom is 0.261 e. The average Bonchev–Trinajstić information content (AvgIpc) is 2.76. The van der Waals surface area contributed by atoms with Gasteiger partial charge >= 0.3 is 0 Å². The largest absolute Gasteiger partial charge is 0.349 e. The molecule has 0 aliphatic heterocycles. The maximum absolute atomic E-state index is 13.1. The molecule has 0 aromatic heterocycles. The summed E-state index contributed by atoms with van der Waals surface area (Å²) in [6.07, 6.45) is 0.251. The molecule has 0 aliphatic rings. The number of nitrogens with zero attached hydrogens (tertiary/aromatic N) is 1. The number of hydrogen-bond acceptors (Lipinski definition) is 4. The lowest BCUT2D eigenvalue weighted by molar-refractivity contribution is -0.127. The molecule has 3 rings (SSSR count). The van der Waals surface area contributed by atoms with E-state index >= 15 is 0 Å². The minimum Gasteiger partial charge on any atom is -0.349 e. The molecule has 0 unspecified atom stereocenters. The molecular formula is C24H24FN3O4S. The van der Waals surface area contributed by atoms with Gasteiger partial charge in [-0.25, -0.2) is 12.8 Å². The second kappa shape index (κ2) is 9.83. The Bertz CT molecular complexity index is 1270. The van der Waals surface area contributed by atoms with Gasteiger partial charge in [-0.3, -0.25) is 14.3 Å².